The van der Waals surface area contributed by atoms with Gasteiger partial charge in [-0.05, 0) is 12.1 Å². The highest BCUT2D eigenvalue weighted by Crippen LogP contribution is 2.24. The second-order valence-electron chi connectivity index (χ2n) is 6.81. The fraction of sp³-hybridized carbons (Fsp3) is 0.273. The molecular formula is C22H24N3O2+. The van der Waals surface area contributed by atoms with E-state index in [1.54, 1.807) is 0 Å². The molecule has 1 aliphatic rings. The first kappa shape index (κ1) is 17.6. The summed E-state index contributed by atoms with van der Waals surface area (Å²) >= 11 is 0. The standard InChI is InChI=1S/C22H23N3O2/c26-22(23-10-11-25-12-14-27-15-13-25)19-16-21(17-6-2-1-3-7-17)24-20-9-5-4-8-18(19)20/h1-9,16H,10-15H2,(H,23,26)/p+1. The Bertz CT molecular complexity index is 921. The van der Waals surface area contributed by atoms with Crippen molar-refractivity contribution in [3.63, 3.8) is 0 Å². The second-order valence-corrected chi connectivity index (χ2v) is 6.81. The first-order valence-electron chi connectivity index (χ1n) is 9.46. The van der Waals surface area contributed by atoms with Crippen LogP contribution in [-0.4, -0.2) is 50.3 Å². The van der Waals surface area contributed by atoms with Gasteiger partial charge in [0, 0.05) is 10.9 Å². The summed E-state index contributed by atoms with van der Waals surface area (Å²) in [5, 5.41) is 3.97. The number of morpholine rings is 1. The lowest BCUT2D eigenvalue weighted by Crippen LogP contribution is -3.14. The van der Waals surface area contributed by atoms with E-state index < -0.39 is 0 Å². The highest BCUT2D eigenvalue weighted by molar-refractivity contribution is 6.07. The van der Waals surface area contributed by atoms with E-state index in [9.17, 15) is 4.79 Å². The molecule has 0 unspecified atom stereocenters. The lowest BCUT2D eigenvalue weighted by Gasteiger charge is -2.23. The van der Waals surface area contributed by atoms with Crippen molar-refractivity contribution in [1.29, 1.82) is 0 Å². The van der Waals surface area contributed by atoms with Gasteiger partial charge in [0.1, 0.15) is 13.1 Å². The van der Waals surface area contributed by atoms with E-state index in [0.717, 1.165) is 55.0 Å². The molecule has 0 radical (unpaired) electrons. The number of para-hydroxylation sites is 1. The summed E-state index contributed by atoms with van der Waals surface area (Å²) in [6, 6.07) is 19.7. The molecule has 0 atom stereocenters. The second kappa shape index (κ2) is 8.29. The molecule has 0 bridgehead atoms. The molecule has 1 aliphatic heterocycles. The van der Waals surface area contributed by atoms with Crippen LogP contribution < -0.4 is 10.2 Å². The van der Waals surface area contributed by atoms with Crippen LogP contribution in [0.1, 0.15) is 10.4 Å². The van der Waals surface area contributed by atoms with E-state index in [0.29, 0.717) is 12.1 Å². The number of nitrogens with one attached hydrogen (secondary N) is 2. The summed E-state index contributed by atoms with van der Waals surface area (Å²) in [5.74, 6) is -0.0431. The molecule has 1 saturated heterocycles. The number of nitrogens with zero attached hydrogens (tertiary/aromatic N) is 1. The van der Waals surface area contributed by atoms with Gasteiger partial charge in [0.05, 0.1) is 43.1 Å². The van der Waals surface area contributed by atoms with Crippen molar-refractivity contribution in [3.8, 4) is 11.3 Å². The number of benzene rings is 2. The summed E-state index contributed by atoms with van der Waals surface area (Å²) in [5.41, 5.74) is 3.34. The normalized spacial score (nSPS) is 15.0. The van der Waals surface area contributed by atoms with Crippen LogP contribution in [0, 0.1) is 0 Å². The van der Waals surface area contributed by atoms with Gasteiger partial charge in [-0.2, -0.15) is 0 Å². The predicted molar refractivity (Wildman–Crippen MR) is 106 cm³/mol. The maximum atomic E-state index is 12.9. The van der Waals surface area contributed by atoms with Gasteiger partial charge in [-0.25, -0.2) is 4.98 Å². The van der Waals surface area contributed by atoms with Gasteiger partial charge in [-0.3, -0.25) is 4.79 Å². The Hall–Kier alpha value is -2.76. The van der Waals surface area contributed by atoms with E-state index in [-0.39, 0.29) is 5.91 Å². The minimum atomic E-state index is -0.0431. The molecule has 1 aromatic heterocycles. The molecule has 5 nitrogen and oxygen atoms in total. The molecule has 138 valence electrons. The zero-order valence-electron chi connectivity index (χ0n) is 15.3. The lowest BCUT2D eigenvalue weighted by molar-refractivity contribution is -0.906. The summed E-state index contributed by atoms with van der Waals surface area (Å²) < 4.78 is 5.38. The molecule has 1 amide bonds. The van der Waals surface area contributed by atoms with Gasteiger partial charge >= 0.3 is 0 Å². The maximum Gasteiger partial charge on any atom is 0.252 e. The zero-order valence-corrected chi connectivity index (χ0v) is 15.3. The molecule has 2 N–H and O–H groups in total. The summed E-state index contributed by atoms with van der Waals surface area (Å²) in [6.45, 7) is 5.20. The fourth-order valence-electron chi connectivity index (χ4n) is 3.48. The van der Waals surface area contributed by atoms with Crippen LogP contribution >= 0.6 is 0 Å². The molecule has 2 heterocycles. The fourth-order valence-corrected chi connectivity index (χ4v) is 3.48. The van der Waals surface area contributed by atoms with E-state index in [1.807, 2.05) is 60.7 Å². The lowest BCUT2D eigenvalue weighted by atomic mass is 10.0. The van der Waals surface area contributed by atoms with Crippen LogP contribution in [0.15, 0.2) is 60.7 Å². The van der Waals surface area contributed by atoms with Gasteiger partial charge in [0.2, 0.25) is 0 Å². The first-order chi connectivity index (χ1) is 13.3. The Morgan fingerprint density at radius 2 is 1.78 bits per heavy atom. The van der Waals surface area contributed by atoms with Crippen molar-refractivity contribution in [2.24, 2.45) is 0 Å². The largest absolute Gasteiger partial charge is 0.370 e. The number of fused-ring (bicyclic) bond motifs is 1. The quantitative estimate of drug-likeness (QED) is 0.724. The van der Waals surface area contributed by atoms with Crippen LogP contribution in [0.2, 0.25) is 0 Å². The molecule has 2 aromatic carbocycles. The SMILES string of the molecule is O=C(NCC[NH+]1CCOCC1)c1cc(-c2ccccc2)nc2ccccc12. The maximum absolute atomic E-state index is 12.9. The smallest absolute Gasteiger partial charge is 0.252 e. The third-order valence-corrected chi connectivity index (χ3v) is 4.99. The summed E-state index contributed by atoms with van der Waals surface area (Å²) in [4.78, 5) is 19.1. The molecule has 4 rings (SSSR count). The number of hydrogen-bond acceptors (Lipinski definition) is 3. The highest BCUT2D eigenvalue weighted by atomic mass is 16.5. The minimum absolute atomic E-state index is 0.0431. The van der Waals surface area contributed by atoms with Crippen LogP contribution in [0.4, 0.5) is 0 Å². The third kappa shape index (κ3) is 4.15. The van der Waals surface area contributed by atoms with Crippen molar-refractivity contribution >= 4 is 16.8 Å². The van der Waals surface area contributed by atoms with E-state index in [2.05, 4.69) is 5.32 Å². The molecule has 0 spiro atoms. The highest BCUT2D eigenvalue weighted by Gasteiger charge is 2.16. The summed E-state index contributed by atoms with van der Waals surface area (Å²) in [6.07, 6.45) is 0. The number of carbonyl (C=O) groups is 1. The van der Waals surface area contributed by atoms with Crippen LogP contribution in [0.3, 0.4) is 0 Å². The van der Waals surface area contributed by atoms with Crippen LogP contribution in [0.25, 0.3) is 22.2 Å². The number of pyridine rings is 1. The van der Waals surface area contributed by atoms with Crippen molar-refractivity contribution < 1.29 is 14.4 Å². The van der Waals surface area contributed by atoms with Gasteiger partial charge in [-0.1, -0.05) is 48.5 Å². The number of hydrogen-bond donors (Lipinski definition) is 2. The van der Waals surface area contributed by atoms with Crippen LogP contribution in [-0.2, 0) is 4.74 Å². The molecular weight excluding hydrogens is 338 g/mol. The monoisotopic (exact) mass is 362 g/mol. The molecule has 27 heavy (non-hydrogen) atoms. The van der Waals surface area contributed by atoms with Gasteiger partial charge in [0.15, 0.2) is 0 Å². The average molecular weight is 362 g/mol. The number of rotatable bonds is 5. The molecule has 0 saturated carbocycles. The van der Waals surface area contributed by atoms with E-state index in [4.69, 9.17) is 9.72 Å². The average Bonchev–Trinajstić information content (AvgIpc) is 2.74. The van der Waals surface area contributed by atoms with Gasteiger partial charge < -0.3 is 15.0 Å². The zero-order chi connectivity index (χ0) is 18.5. The molecule has 1 fully saturated rings. The number of carbonyl (C=O) groups excluding carboxylic acids is 1. The Labute approximate surface area is 159 Å². The van der Waals surface area contributed by atoms with Crippen molar-refractivity contribution in [3.05, 3.63) is 66.2 Å². The molecule has 0 aliphatic carbocycles. The Kier molecular flexibility index (Phi) is 5.42. The molecule has 3 aromatic rings. The number of amides is 1. The number of quaternary nitrogens is 1. The third-order valence-electron chi connectivity index (χ3n) is 4.99. The van der Waals surface area contributed by atoms with E-state index >= 15 is 0 Å². The van der Waals surface area contributed by atoms with Crippen LogP contribution in [0.5, 0.6) is 0 Å². The summed E-state index contributed by atoms with van der Waals surface area (Å²) in [7, 11) is 0. The van der Waals surface area contributed by atoms with Gasteiger partial charge in [0.25, 0.3) is 5.91 Å². The number of ether oxygens (including phenoxy) is 1. The minimum Gasteiger partial charge on any atom is -0.370 e. The van der Waals surface area contributed by atoms with Crippen molar-refractivity contribution in [2.45, 2.75) is 0 Å². The van der Waals surface area contributed by atoms with Crippen molar-refractivity contribution in [2.75, 3.05) is 39.4 Å². The molecule has 5 heteroatoms. The Morgan fingerprint density at radius 3 is 2.59 bits per heavy atom. The Balaban J connectivity index is 1.56. The topological polar surface area (TPSA) is 55.7 Å². The van der Waals surface area contributed by atoms with Crippen molar-refractivity contribution in [1.82, 2.24) is 10.3 Å². The predicted octanol–water partition coefficient (Wildman–Crippen LogP) is 1.55. The number of aromatic nitrogens is 1. The van der Waals surface area contributed by atoms with Gasteiger partial charge in [-0.15, -0.1) is 0 Å². The first-order valence-corrected chi connectivity index (χ1v) is 9.46. The Morgan fingerprint density at radius 1 is 1.04 bits per heavy atom. The van der Waals surface area contributed by atoms with E-state index in [1.165, 1.54) is 4.90 Å².